The summed E-state index contributed by atoms with van der Waals surface area (Å²) in [6.07, 6.45) is 5.76. The summed E-state index contributed by atoms with van der Waals surface area (Å²) >= 11 is 1.76. The Morgan fingerprint density at radius 2 is 2.33 bits per heavy atom. The molecule has 2 aromatic rings. The summed E-state index contributed by atoms with van der Waals surface area (Å²) < 4.78 is 0. The highest BCUT2D eigenvalue weighted by atomic mass is 32.1. The molecule has 0 spiro atoms. The van der Waals surface area contributed by atoms with E-state index < -0.39 is 0 Å². The molecule has 6 nitrogen and oxygen atoms in total. The van der Waals surface area contributed by atoms with Crippen LogP contribution in [-0.4, -0.2) is 33.1 Å². The number of aryl methyl sites for hydroxylation is 1. The predicted octanol–water partition coefficient (Wildman–Crippen LogP) is 2.05. The fraction of sp³-hybridized carbons (Fsp3) is 0.571. The molecule has 1 saturated carbocycles. The Balaban J connectivity index is 1.56. The van der Waals surface area contributed by atoms with E-state index in [0.29, 0.717) is 12.2 Å². The molecule has 3 heterocycles. The van der Waals surface area contributed by atoms with Crippen molar-refractivity contribution in [2.75, 3.05) is 11.4 Å². The van der Waals surface area contributed by atoms with Crippen LogP contribution >= 0.6 is 11.3 Å². The van der Waals surface area contributed by atoms with E-state index in [1.807, 2.05) is 4.90 Å². The second kappa shape index (κ2) is 4.91. The number of amides is 1. The van der Waals surface area contributed by atoms with Crippen LogP contribution in [0.2, 0.25) is 0 Å². The van der Waals surface area contributed by atoms with Crippen LogP contribution in [0.25, 0.3) is 0 Å². The number of H-pyrrole nitrogens is 1. The van der Waals surface area contributed by atoms with Crippen molar-refractivity contribution >= 4 is 22.9 Å². The first-order chi connectivity index (χ1) is 10.3. The third kappa shape index (κ3) is 2.25. The summed E-state index contributed by atoms with van der Waals surface area (Å²) in [7, 11) is 0. The number of carbonyl (C=O) groups excluding carboxylic acids is 1. The van der Waals surface area contributed by atoms with Crippen molar-refractivity contribution in [1.82, 2.24) is 20.6 Å². The van der Waals surface area contributed by atoms with E-state index in [-0.39, 0.29) is 11.3 Å². The second-order valence-corrected chi connectivity index (χ2v) is 6.92. The molecule has 0 saturated heterocycles. The molecule has 0 unspecified atom stereocenters. The maximum Gasteiger partial charge on any atom is 0.228 e. The first kappa shape index (κ1) is 12.9. The van der Waals surface area contributed by atoms with Crippen LogP contribution in [0, 0.1) is 0 Å². The van der Waals surface area contributed by atoms with Crippen LogP contribution in [0.4, 0.5) is 5.69 Å². The normalized spacial score (nSPS) is 19.9. The number of anilines is 1. The van der Waals surface area contributed by atoms with Crippen molar-refractivity contribution in [1.29, 1.82) is 0 Å². The lowest BCUT2D eigenvalue weighted by Crippen LogP contribution is -2.34. The molecule has 1 aliphatic carbocycles. The second-order valence-electron chi connectivity index (χ2n) is 5.92. The van der Waals surface area contributed by atoms with E-state index in [4.69, 9.17) is 0 Å². The molecule has 4 rings (SSSR count). The van der Waals surface area contributed by atoms with E-state index in [9.17, 15) is 4.79 Å². The average molecular weight is 303 g/mol. The molecule has 21 heavy (non-hydrogen) atoms. The molecule has 0 aromatic carbocycles. The maximum absolute atomic E-state index is 12.8. The molecule has 1 aliphatic heterocycles. The number of fused-ring (bicyclic) bond motifs is 1. The number of aromatic nitrogens is 4. The molecule has 110 valence electrons. The van der Waals surface area contributed by atoms with Crippen molar-refractivity contribution < 1.29 is 4.79 Å². The van der Waals surface area contributed by atoms with E-state index in [0.717, 1.165) is 44.3 Å². The zero-order chi connectivity index (χ0) is 14.3. The molecule has 2 aromatic heterocycles. The van der Waals surface area contributed by atoms with Crippen molar-refractivity contribution in [3.8, 4) is 0 Å². The molecule has 0 bridgehead atoms. The molecule has 7 heteroatoms. The van der Waals surface area contributed by atoms with Crippen molar-refractivity contribution in [2.45, 2.75) is 43.9 Å². The van der Waals surface area contributed by atoms with Gasteiger partial charge in [0.05, 0.1) is 5.69 Å². The minimum atomic E-state index is -0.174. The number of rotatable bonds is 3. The monoisotopic (exact) mass is 303 g/mol. The fourth-order valence-corrected chi connectivity index (χ4v) is 4.02. The van der Waals surface area contributed by atoms with Gasteiger partial charge in [-0.05, 0) is 43.6 Å². The van der Waals surface area contributed by atoms with Gasteiger partial charge in [0.1, 0.15) is 0 Å². The third-order valence-corrected chi connectivity index (χ3v) is 5.48. The Morgan fingerprint density at radius 1 is 1.43 bits per heavy atom. The number of hydrogen-bond acceptors (Lipinski definition) is 5. The standard InChI is InChI=1S/C14H17N5OS/c20-12(9-14(5-6-14)13-15-17-18-16-13)19-7-2-1-3-11-10(19)4-8-21-11/h4,8H,1-3,5-7,9H2,(H,15,16,17,18). The molecule has 1 N–H and O–H groups in total. The Morgan fingerprint density at radius 3 is 3.10 bits per heavy atom. The first-order valence-electron chi connectivity index (χ1n) is 7.39. The van der Waals surface area contributed by atoms with Gasteiger partial charge in [-0.25, -0.2) is 0 Å². The highest BCUT2D eigenvalue weighted by Gasteiger charge is 2.50. The summed E-state index contributed by atoms with van der Waals surface area (Å²) in [5, 5.41) is 16.4. The number of carbonyl (C=O) groups is 1. The number of nitrogens with one attached hydrogen (secondary N) is 1. The van der Waals surface area contributed by atoms with Crippen LogP contribution in [0.15, 0.2) is 11.4 Å². The van der Waals surface area contributed by atoms with Crippen LogP contribution in [0.3, 0.4) is 0 Å². The van der Waals surface area contributed by atoms with Gasteiger partial charge in [0.2, 0.25) is 5.91 Å². The summed E-state index contributed by atoms with van der Waals surface area (Å²) in [5.41, 5.74) is 0.943. The zero-order valence-electron chi connectivity index (χ0n) is 11.7. The zero-order valence-corrected chi connectivity index (χ0v) is 12.5. The van der Waals surface area contributed by atoms with Gasteiger partial charge in [-0.3, -0.25) is 4.79 Å². The molecule has 1 fully saturated rings. The molecule has 2 aliphatic rings. The van der Waals surface area contributed by atoms with Crippen molar-refractivity contribution in [3.63, 3.8) is 0 Å². The maximum atomic E-state index is 12.8. The largest absolute Gasteiger partial charge is 0.311 e. The fourth-order valence-electron chi connectivity index (χ4n) is 3.10. The van der Waals surface area contributed by atoms with Gasteiger partial charge in [-0.2, -0.15) is 5.21 Å². The van der Waals surface area contributed by atoms with E-state index in [1.54, 1.807) is 11.3 Å². The Kier molecular flexibility index (Phi) is 3.02. The van der Waals surface area contributed by atoms with Crippen molar-refractivity contribution in [2.24, 2.45) is 0 Å². The van der Waals surface area contributed by atoms with Gasteiger partial charge in [0.15, 0.2) is 5.82 Å². The Labute approximate surface area is 126 Å². The first-order valence-corrected chi connectivity index (χ1v) is 8.27. The summed E-state index contributed by atoms with van der Waals surface area (Å²) in [6, 6.07) is 2.08. The van der Waals surface area contributed by atoms with Gasteiger partial charge in [-0.15, -0.1) is 21.5 Å². The SMILES string of the molecule is O=C(CC1(c2nn[nH]n2)CC1)N1CCCCc2sccc21. The number of thiophene rings is 1. The van der Waals surface area contributed by atoms with Gasteiger partial charge >= 0.3 is 0 Å². The number of hydrogen-bond donors (Lipinski definition) is 1. The molecule has 0 atom stereocenters. The molecular formula is C14H17N5OS. The molecule has 1 amide bonds. The number of tetrazole rings is 1. The topological polar surface area (TPSA) is 74.8 Å². The van der Waals surface area contributed by atoms with Crippen LogP contribution in [0.1, 0.15) is 42.8 Å². The van der Waals surface area contributed by atoms with E-state index >= 15 is 0 Å². The number of aromatic amines is 1. The van der Waals surface area contributed by atoms with E-state index in [1.165, 1.54) is 4.88 Å². The lowest BCUT2D eigenvalue weighted by Gasteiger charge is -2.23. The van der Waals surface area contributed by atoms with Gasteiger partial charge in [0.25, 0.3) is 0 Å². The quantitative estimate of drug-likeness (QED) is 0.941. The van der Waals surface area contributed by atoms with Crippen molar-refractivity contribution in [3.05, 3.63) is 22.1 Å². The predicted molar refractivity (Wildman–Crippen MR) is 79.3 cm³/mol. The Bertz CT molecular complexity index is 646. The summed E-state index contributed by atoms with van der Waals surface area (Å²) in [5.74, 6) is 0.884. The lowest BCUT2D eigenvalue weighted by atomic mass is 10.0. The number of nitrogens with zero attached hydrogens (tertiary/aromatic N) is 4. The molecular weight excluding hydrogens is 286 g/mol. The lowest BCUT2D eigenvalue weighted by molar-refractivity contribution is -0.119. The average Bonchev–Trinajstić information content (AvgIpc) is 2.91. The van der Waals surface area contributed by atoms with Crippen LogP contribution < -0.4 is 4.90 Å². The van der Waals surface area contributed by atoms with Crippen LogP contribution in [0.5, 0.6) is 0 Å². The molecule has 0 radical (unpaired) electrons. The van der Waals surface area contributed by atoms with Crippen LogP contribution in [-0.2, 0) is 16.6 Å². The highest BCUT2D eigenvalue weighted by Crippen LogP contribution is 2.50. The van der Waals surface area contributed by atoms with Gasteiger partial charge in [0, 0.05) is 23.3 Å². The highest BCUT2D eigenvalue weighted by molar-refractivity contribution is 7.10. The van der Waals surface area contributed by atoms with Gasteiger partial charge in [-0.1, -0.05) is 5.21 Å². The minimum Gasteiger partial charge on any atom is -0.311 e. The minimum absolute atomic E-state index is 0.174. The third-order valence-electron chi connectivity index (χ3n) is 4.51. The summed E-state index contributed by atoms with van der Waals surface area (Å²) in [4.78, 5) is 16.1. The Hall–Kier alpha value is -1.76. The smallest absolute Gasteiger partial charge is 0.228 e. The van der Waals surface area contributed by atoms with E-state index in [2.05, 4.69) is 32.1 Å². The summed E-state index contributed by atoms with van der Waals surface area (Å²) in [6.45, 7) is 0.824. The van der Waals surface area contributed by atoms with Gasteiger partial charge < -0.3 is 4.90 Å².